The molecule has 136 valence electrons. The molecule has 2 rings (SSSR count). The third-order valence-corrected chi connectivity index (χ3v) is 4.56. The van der Waals surface area contributed by atoms with Crippen LogP contribution >= 0.6 is 0 Å². The number of nitrogens with one attached hydrogen (secondary N) is 1. The zero-order valence-electron chi connectivity index (χ0n) is 15.3. The first-order valence-electron chi connectivity index (χ1n) is 8.85. The molecular weight excluding hydrogens is 318 g/mol. The van der Waals surface area contributed by atoms with Gasteiger partial charge in [-0.25, -0.2) is 8.78 Å². The fourth-order valence-electron chi connectivity index (χ4n) is 2.99. The predicted molar refractivity (Wildman–Crippen MR) is 99.5 cm³/mol. The maximum Gasteiger partial charge on any atom is 0.126 e. The standard InChI is InChI=1S/C21H28F2N2/c1-4-15-6-5-7-17(10-15)21(2,3)25-9-8-20(24)13-16-11-18(22)14-19(23)12-16/h5-7,10-12,14,20,25H,4,8-9,13,24H2,1-3H3. The minimum atomic E-state index is -0.558. The summed E-state index contributed by atoms with van der Waals surface area (Å²) in [5, 5.41) is 3.54. The van der Waals surface area contributed by atoms with Crippen LogP contribution in [0.1, 0.15) is 43.9 Å². The number of aryl methyl sites for hydroxylation is 1. The number of nitrogens with two attached hydrogens (primary N) is 1. The lowest BCUT2D eigenvalue weighted by Gasteiger charge is -2.28. The van der Waals surface area contributed by atoms with Crippen LogP contribution in [0.25, 0.3) is 0 Å². The normalized spacial score (nSPS) is 13.0. The first-order valence-corrected chi connectivity index (χ1v) is 8.85. The number of rotatable bonds is 8. The maximum absolute atomic E-state index is 13.2. The monoisotopic (exact) mass is 346 g/mol. The van der Waals surface area contributed by atoms with Crippen LogP contribution in [0.15, 0.2) is 42.5 Å². The van der Waals surface area contributed by atoms with E-state index in [9.17, 15) is 8.78 Å². The minimum absolute atomic E-state index is 0.147. The van der Waals surface area contributed by atoms with Crippen molar-refractivity contribution in [3.05, 3.63) is 70.8 Å². The third-order valence-electron chi connectivity index (χ3n) is 4.56. The fraction of sp³-hybridized carbons (Fsp3) is 0.429. The third kappa shape index (κ3) is 5.91. The number of halogens is 2. The van der Waals surface area contributed by atoms with E-state index in [-0.39, 0.29) is 11.6 Å². The maximum atomic E-state index is 13.2. The Morgan fingerprint density at radius 3 is 2.36 bits per heavy atom. The van der Waals surface area contributed by atoms with Crippen LogP contribution in [0.5, 0.6) is 0 Å². The number of hydrogen-bond acceptors (Lipinski definition) is 2. The van der Waals surface area contributed by atoms with Crippen LogP contribution in [0.3, 0.4) is 0 Å². The molecule has 0 aliphatic carbocycles. The van der Waals surface area contributed by atoms with Crippen LogP contribution in [-0.2, 0) is 18.4 Å². The summed E-state index contributed by atoms with van der Waals surface area (Å²) in [5.74, 6) is -1.12. The Morgan fingerprint density at radius 2 is 1.72 bits per heavy atom. The van der Waals surface area contributed by atoms with Crippen LogP contribution in [0.2, 0.25) is 0 Å². The lowest BCUT2D eigenvalue weighted by atomic mass is 9.92. The summed E-state index contributed by atoms with van der Waals surface area (Å²) in [6.07, 6.45) is 2.20. The van der Waals surface area contributed by atoms with Gasteiger partial charge in [0.2, 0.25) is 0 Å². The zero-order valence-corrected chi connectivity index (χ0v) is 15.3. The topological polar surface area (TPSA) is 38.0 Å². The van der Waals surface area contributed by atoms with Crippen molar-refractivity contribution in [2.24, 2.45) is 5.73 Å². The van der Waals surface area contributed by atoms with Crippen molar-refractivity contribution in [3.8, 4) is 0 Å². The highest BCUT2D eigenvalue weighted by Gasteiger charge is 2.20. The molecule has 3 N–H and O–H groups in total. The highest BCUT2D eigenvalue weighted by atomic mass is 19.1. The molecule has 0 saturated carbocycles. The SMILES string of the molecule is CCc1cccc(C(C)(C)NCCC(N)Cc2cc(F)cc(F)c2)c1. The lowest BCUT2D eigenvalue weighted by molar-refractivity contribution is 0.389. The molecular formula is C21H28F2N2. The molecule has 2 nitrogen and oxygen atoms in total. The molecule has 2 aromatic carbocycles. The smallest absolute Gasteiger partial charge is 0.126 e. The van der Waals surface area contributed by atoms with Crippen molar-refractivity contribution in [2.75, 3.05) is 6.54 Å². The molecule has 0 spiro atoms. The first kappa shape index (κ1) is 19.5. The second-order valence-electron chi connectivity index (χ2n) is 7.14. The Hall–Kier alpha value is -1.78. The molecule has 0 radical (unpaired) electrons. The highest BCUT2D eigenvalue weighted by Crippen LogP contribution is 2.21. The van der Waals surface area contributed by atoms with Crippen LogP contribution in [0.4, 0.5) is 8.78 Å². The van der Waals surface area contributed by atoms with Crippen LogP contribution < -0.4 is 11.1 Å². The molecule has 0 bridgehead atoms. The molecule has 0 aromatic heterocycles. The molecule has 0 aliphatic rings. The van der Waals surface area contributed by atoms with Gasteiger partial charge in [-0.15, -0.1) is 0 Å². The van der Waals surface area contributed by atoms with Crippen LogP contribution in [0, 0.1) is 11.6 Å². The second-order valence-corrected chi connectivity index (χ2v) is 7.14. The van der Waals surface area contributed by atoms with Gasteiger partial charge in [0.25, 0.3) is 0 Å². The summed E-state index contributed by atoms with van der Waals surface area (Å²) in [6.45, 7) is 7.18. The summed E-state index contributed by atoms with van der Waals surface area (Å²) in [4.78, 5) is 0. The Morgan fingerprint density at radius 1 is 1.04 bits per heavy atom. The Balaban J connectivity index is 1.87. The summed E-state index contributed by atoms with van der Waals surface area (Å²) >= 11 is 0. The molecule has 4 heteroatoms. The van der Waals surface area contributed by atoms with Gasteiger partial charge in [-0.2, -0.15) is 0 Å². The van der Waals surface area contributed by atoms with Gasteiger partial charge in [0.15, 0.2) is 0 Å². The zero-order chi connectivity index (χ0) is 18.4. The van der Waals surface area contributed by atoms with Crippen LogP contribution in [-0.4, -0.2) is 12.6 Å². The van der Waals surface area contributed by atoms with E-state index in [0.29, 0.717) is 12.0 Å². The average Bonchev–Trinajstić information content (AvgIpc) is 2.53. The summed E-state index contributed by atoms with van der Waals surface area (Å²) < 4.78 is 26.5. The van der Waals surface area contributed by atoms with Gasteiger partial charge in [0, 0.05) is 17.6 Å². The molecule has 25 heavy (non-hydrogen) atoms. The fourth-order valence-corrected chi connectivity index (χ4v) is 2.99. The summed E-state index contributed by atoms with van der Waals surface area (Å²) in [5.41, 5.74) is 9.13. The van der Waals surface area contributed by atoms with Crippen molar-refractivity contribution in [1.82, 2.24) is 5.32 Å². The van der Waals surface area contributed by atoms with Gasteiger partial charge in [0.1, 0.15) is 11.6 Å². The van der Waals surface area contributed by atoms with E-state index >= 15 is 0 Å². The Labute approximate surface area is 149 Å². The molecule has 0 heterocycles. The molecule has 0 amide bonds. The predicted octanol–water partition coefficient (Wildman–Crippen LogP) is 4.31. The molecule has 0 saturated heterocycles. The quantitative estimate of drug-likeness (QED) is 0.747. The Bertz CT molecular complexity index is 678. The van der Waals surface area contributed by atoms with Gasteiger partial charge in [-0.3, -0.25) is 0 Å². The molecule has 0 fully saturated rings. The first-order chi connectivity index (χ1) is 11.8. The summed E-state index contributed by atoms with van der Waals surface area (Å²) in [6, 6.07) is 12.0. The van der Waals surface area contributed by atoms with E-state index in [0.717, 1.165) is 25.5 Å². The van der Waals surface area contributed by atoms with Crippen molar-refractivity contribution >= 4 is 0 Å². The molecule has 2 aromatic rings. The van der Waals surface area contributed by atoms with E-state index < -0.39 is 11.6 Å². The summed E-state index contributed by atoms with van der Waals surface area (Å²) in [7, 11) is 0. The number of hydrogen-bond donors (Lipinski definition) is 2. The van der Waals surface area contributed by atoms with E-state index in [4.69, 9.17) is 5.73 Å². The molecule has 1 atom stereocenters. The van der Waals surface area contributed by atoms with E-state index in [1.165, 1.54) is 23.3 Å². The van der Waals surface area contributed by atoms with Crippen molar-refractivity contribution in [2.45, 2.75) is 51.6 Å². The van der Waals surface area contributed by atoms with Crippen molar-refractivity contribution < 1.29 is 8.78 Å². The lowest BCUT2D eigenvalue weighted by Crippen LogP contribution is -2.39. The highest BCUT2D eigenvalue weighted by molar-refractivity contribution is 5.28. The van der Waals surface area contributed by atoms with Gasteiger partial charge < -0.3 is 11.1 Å². The van der Waals surface area contributed by atoms with Gasteiger partial charge >= 0.3 is 0 Å². The van der Waals surface area contributed by atoms with Gasteiger partial charge in [-0.05, 0) is 68.5 Å². The van der Waals surface area contributed by atoms with Crippen molar-refractivity contribution in [3.63, 3.8) is 0 Å². The second kappa shape index (κ2) is 8.54. The largest absolute Gasteiger partial charge is 0.327 e. The van der Waals surface area contributed by atoms with E-state index in [1.54, 1.807) is 0 Å². The van der Waals surface area contributed by atoms with Gasteiger partial charge in [-0.1, -0.05) is 31.2 Å². The Kier molecular flexibility index (Phi) is 6.68. The average molecular weight is 346 g/mol. The van der Waals surface area contributed by atoms with E-state index in [2.05, 4.69) is 50.4 Å². The van der Waals surface area contributed by atoms with E-state index in [1.807, 2.05) is 0 Å². The minimum Gasteiger partial charge on any atom is -0.327 e. The van der Waals surface area contributed by atoms with Gasteiger partial charge in [0.05, 0.1) is 0 Å². The molecule has 0 aliphatic heterocycles. The molecule has 1 unspecified atom stereocenters. The van der Waals surface area contributed by atoms with Crippen molar-refractivity contribution in [1.29, 1.82) is 0 Å². The number of benzene rings is 2.